The second-order valence-electron chi connectivity index (χ2n) is 4.24. The number of carbonyl (C=O) groups excluding carboxylic acids is 1. The van der Waals surface area contributed by atoms with Gasteiger partial charge in [-0.15, -0.1) is 0 Å². The monoisotopic (exact) mass is 297 g/mol. The lowest BCUT2D eigenvalue weighted by Gasteiger charge is -2.14. The summed E-state index contributed by atoms with van der Waals surface area (Å²) in [6.45, 7) is 1.94. The van der Waals surface area contributed by atoms with Crippen molar-refractivity contribution in [2.75, 3.05) is 12.9 Å². The van der Waals surface area contributed by atoms with Crippen LogP contribution in [0.4, 0.5) is 0 Å². The first-order valence-corrected chi connectivity index (χ1v) is 7.92. The molecule has 2 rings (SSSR count). The number of H-pyrrole nitrogens is 1. The molecule has 0 spiro atoms. The quantitative estimate of drug-likeness (QED) is 0.830. The topological polar surface area (TPSA) is 94.0 Å². The summed E-state index contributed by atoms with van der Waals surface area (Å²) in [5.41, 5.74) is 0.693. The van der Waals surface area contributed by atoms with Gasteiger partial charge in [0.1, 0.15) is 0 Å². The molecule has 2 heterocycles. The van der Waals surface area contributed by atoms with E-state index in [1.165, 1.54) is 17.1 Å². The van der Waals surface area contributed by atoms with E-state index < -0.39 is 21.2 Å². The van der Waals surface area contributed by atoms with E-state index in [1.807, 2.05) is 0 Å². The van der Waals surface area contributed by atoms with Crippen LogP contribution in [0.2, 0.25) is 0 Å². The van der Waals surface area contributed by atoms with Crippen molar-refractivity contribution in [1.29, 1.82) is 0 Å². The summed E-state index contributed by atoms with van der Waals surface area (Å²) in [4.78, 5) is 14.4. The molecule has 0 saturated heterocycles. The maximum Gasteiger partial charge on any atom is 0.341 e. The maximum absolute atomic E-state index is 11.9. The third kappa shape index (κ3) is 2.90. The van der Waals surface area contributed by atoms with Crippen molar-refractivity contribution >= 4 is 15.8 Å². The standard InChI is InChI=1S/C12H15N3O4S/c1-3-19-12(16)9-7-14-15(8-9)11(20(2,17)18)10-5-4-6-13-10/h4-8,11,13H,3H2,1-2H3. The molecule has 1 N–H and O–H groups in total. The van der Waals surface area contributed by atoms with Gasteiger partial charge in [-0.3, -0.25) is 0 Å². The first-order chi connectivity index (χ1) is 9.43. The summed E-state index contributed by atoms with van der Waals surface area (Å²) < 4.78 is 30.0. The van der Waals surface area contributed by atoms with Gasteiger partial charge in [0.2, 0.25) is 0 Å². The van der Waals surface area contributed by atoms with Gasteiger partial charge in [0, 0.05) is 18.6 Å². The number of nitrogens with one attached hydrogen (secondary N) is 1. The molecule has 108 valence electrons. The van der Waals surface area contributed by atoms with E-state index in [1.54, 1.807) is 25.3 Å². The molecular formula is C12H15N3O4S. The van der Waals surface area contributed by atoms with Crippen molar-refractivity contribution in [2.45, 2.75) is 12.3 Å². The Morgan fingerprint density at radius 3 is 2.85 bits per heavy atom. The van der Waals surface area contributed by atoms with Crippen molar-refractivity contribution in [2.24, 2.45) is 0 Å². The summed E-state index contributed by atoms with van der Waals surface area (Å²) in [5, 5.41) is 2.96. The number of aromatic nitrogens is 3. The Morgan fingerprint density at radius 2 is 2.30 bits per heavy atom. The number of hydrogen-bond donors (Lipinski definition) is 1. The van der Waals surface area contributed by atoms with E-state index in [0.29, 0.717) is 5.69 Å². The summed E-state index contributed by atoms with van der Waals surface area (Å²) in [6, 6.07) is 3.35. The van der Waals surface area contributed by atoms with E-state index in [4.69, 9.17) is 4.74 Å². The van der Waals surface area contributed by atoms with Gasteiger partial charge < -0.3 is 9.72 Å². The Kier molecular flexibility index (Phi) is 3.93. The molecule has 0 aromatic carbocycles. The third-order valence-electron chi connectivity index (χ3n) is 2.65. The number of sulfone groups is 1. The minimum atomic E-state index is -3.45. The van der Waals surface area contributed by atoms with Crippen LogP contribution in [-0.4, -0.2) is 42.0 Å². The number of aromatic amines is 1. The molecule has 2 aromatic rings. The Labute approximate surface area is 116 Å². The lowest BCUT2D eigenvalue weighted by Crippen LogP contribution is -2.21. The fourth-order valence-corrected chi connectivity index (χ4v) is 2.97. The van der Waals surface area contributed by atoms with Crippen molar-refractivity contribution in [3.8, 4) is 0 Å². The molecule has 0 radical (unpaired) electrons. The molecule has 0 saturated carbocycles. The van der Waals surface area contributed by atoms with Crippen LogP contribution in [0.1, 0.15) is 28.3 Å². The summed E-state index contributed by atoms with van der Waals surface area (Å²) in [5.74, 6) is -0.530. The normalized spacial score (nSPS) is 13.1. The minimum Gasteiger partial charge on any atom is -0.462 e. The average Bonchev–Trinajstić information content (AvgIpc) is 2.99. The molecule has 0 aliphatic rings. The first-order valence-electron chi connectivity index (χ1n) is 5.97. The van der Waals surface area contributed by atoms with Gasteiger partial charge in [-0.25, -0.2) is 17.9 Å². The zero-order valence-electron chi connectivity index (χ0n) is 11.1. The molecule has 0 aliphatic heterocycles. The molecule has 1 atom stereocenters. The van der Waals surface area contributed by atoms with E-state index in [9.17, 15) is 13.2 Å². The van der Waals surface area contributed by atoms with Crippen LogP contribution in [0.5, 0.6) is 0 Å². The number of hydrogen-bond acceptors (Lipinski definition) is 5. The van der Waals surface area contributed by atoms with Crippen LogP contribution < -0.4 is 0 Å². The van der Waals surface area contributed by atoms with E-state index in [0.717, 1.165) is 6.26 Å². The minimum absolute atomic E-state index is 0.215. The molecule has 0 bridgehead atoms. The summed E-state index contributed by atoms with van der Waals surface area (Å²) in [7, 11) is -3.45. The lowest BCUT2D eigenvalue weighted by atomic mass is 10.4. The smallest absolute Gasteiger partial charge is 0.341 e. The van der Waals surface area contributed by atoms with E-state index in [2.05, 4.69) is 10.1 Å². The van der Waals surface area contributed by atoms with Gasteiger partial charge in [0.05, 0.1) is 24.1 Å². The number of ether oxygens (including phenoxy) is 1. The van der Waals surface area contributed by atoms with Gasteiger partial charge in [-0.1, -0.05) is 0 Å². The van der Waals surface area contributed by atoms with Gasteiger partial charge in [-0.2, -0.15) is 5.10 Å². The number of carbonyl (C=O) groups is 1. The number of esters is 1. The predicted octanol–water partition coefficient (Wildman–Crippen LogP) is 0.979. The van der Waals surface area contributed by atoms with Gasteiger partial charge in [0.25, 0.3) is 0 Å². The highest BCUT2D eigenvalue weighted by atomic mass is 32.2. The number of nitrogens with zero attached hydrogens (tertiary/aromatic N) is 2. The highest BCUT2D eigenvalue weighted by molar-refractivity contribution is 7.90. The second kappa shape index (κ2) is 5.49. The zero-order valence-corrected chi connectivity index (χ0v) is 11.9. The third-order valence-corrected chi connectivity index (χ3v) is 3.93. The van der Waals surface area contributed by atoms with Gasteiger partial charge >= 0.3 is 5.97 Å². The van der Waals surface area contributed by atoms with E-state index in [-0.39, 0.29) is 12.2 Å². The second-order valence-corrected chi connectivity index (χ2v) is 6.34. The first kappa shape index (κ1) is 14.3. The molecule has 0 amide bonds. The molecule has 1 unspecified atom stereocenters. The zero-order chi connectivity index (χ0) is 14.8. The molecule has 20 heavy (non-hydrogen) atoms. The van der Waals surface area contributed by atoms with Gasteiger partial charge in [0.15, 0.2) is 15.2 Å². The lowest BCUT2D eigenvalue weighted by molar-refractivity contribution is 0.0526. The van der Waals surface area contributed by atoms with Crippen LogP contribution >= 0.6 is 0 Å². The Balaban J connectivity index is 2.39. The highest BCUT2D eigenvalue weighted by Crippen LogP contribution is 2.22. The fourth-order valence-electron chi connectivity index (χ4n) is 1.85. The Bertz CT molecular complexity index is 688. The van der Waals surface area contributed by atoms with E-state index >= 15 is 0 Å². The van der Waals surface area contributed by atoms with Crippen LogP contribution in [0.15, 0.2) is 30.7 Å². The Morgan fingerprint density at radius 1 is 1.55 bits per heavy atom. The average molecular weight is 297 g/mol. The van der Waals surface area contributed by atoms with Gasteiger partial charge in [-0.05, 0) is 19.1 Å². The van der Waals surface area contributed by atoms with Crippen LogP contribution in [-0.2, 0) is 14.6 Å². The molecule has 2 aromatic heterocycles. The predicted molar refractivity (Wildman–Crippen MR) is 72.0 cm³/mol. The number of rotatable bonds is 5. The van der Waals surface area contributed by atoms with Crippen LogP contribution in [0, 0.1) is 0 Å². The fraction of sp³-hybridized carbons (Fsp3) is 0.333. The van der Waals surface area contributed by atoms with Crippen LogP contribution in [0.25, 0.3) is 0 Å². The summed E-state index contributed by atoms with van der Waals surface area (Å²) >= 11 is 0. The molecule has 8 heteroatoms. The van der Waals surface area contributed by atoms with Crippen molar-refractivity contribution in [3.05, 3.63) is 42.0 Å². The SMILES string of the molecule is CCOC(=O)c1cnn(C(c2ccc[nH]2)S(C)(=O)=O)c1. The largest absolute Gasteiger partial charge is 0.462 e. The van der Waals surface area contributed by atoms with Crippen molar-refractivity contribution in [1.82, 2.24) is 14.8 Å². The van der Waals surface area contributed by atoms with Crippen LogP contribution in [0.3, 0.4) is 0 Å². The van der Waals surface area contributed by atoms with Crippen molar-refractivity contribution in [3.63, 3.8) is 0 Å². The highest BCUT2D eigenvalue weighted by Gasteiger charge is 2.27. The molecule has 7 nitrogen and oxygen atoms in total. The molecular weight excluding hydrogens is 282 g/mol. The maximum atomic E-state index is 11.9. The summed E-state index contributed by atoms with van der Waals surface area (Å²) in [6.07, 6.45) is 5.40. The Hall–Kier alpha value is -2.09. The van der Waals surface area contributed by atoms with Crippen molar-refractivity contribution < 1.29 is 17.9 Å². The molecule has 0 aliphatic carbocycles. The molecule has 0 fully saturated rings.